The number of aromatic nitrogens is 3. The van der Waals surface area contributed by atoms with Gasteiger partial charge >= 0.3 is 0 Å². The van der Waals surface area contributed by atoms with Crippen LogP contribution >= 0.6 is 0 Å². The topological polar surface area (TPSA) is 51.8 Å². The average Bonchev–Trinajstić information content (AvgIpc) is 3.63. The molecule has 2 aromatic heterocycles. The van der Waals surface area contributed by atoms with Crippen LogP contribution in [0.3, 0.4) is 0 Å². The van der Waals surface area contributed by atoms with E-state index in [1.54, 1.807) is 0 Å². The molecular formula is C51H31N3O. The van der Waals surface area contributed by atoms with Crippen molar-refractivity contribution in [2.45, 2.75) is 0 Å². The Bertz CT molecular complexity index is 3250. The van der Waals surface area contributed by atoms with Gasteiger partial charge in [-0.25, -0.2) is 15.0 Å². The highest BCUT2D eigenvalue weighted by Gasteiger charge is 2.21. The molecule has 0 N–H and O–H groups in total. The Labute approximate surface area is 317 Å². The lowest BCUT2D eigenvalue weighted by atomic mass is 9.95. The Balaban J connectivity index is 1.13. The molecule has 0 bridgehead atoms. The largest absolute Gasteiger partial charge is 0.455 e. The van der Waals surface area contributed by atoms with Crippen molar-refractivity contribution in [2.24, 2.45) is 0 Å². The first-order valence-electron chi connectivity index (χ1n) is 18.5. The van der Waals surface area contributed by atoms with Gasteiger partial charge in [0.25, 0.3) is 0 Å². The maximum atomic E-state index is 6.86. The van der Waals surface area contributed by atoms with Crippen LogP contribution in [0.5, 0.6) is 0 Å². The van der Waals surface area contributed by atoms with E-state index in [1.807, 2.05) is 30.3 Å². The van der Waals surface area contributed by atoms with Crippen LogP contribution in [0.25, 0.3) is 111 Å². The van der Waals surface area contributed by atoms with Crippen LogP contribution in [-0.2, 0) is 0 Å². The van der Waals surface area contributed by atoms with E-state index in [4.69, 9.17) is 19.4 Å². The molecule has 0 amide bonds. The maximum absolute atomic E-state index is 6.86. The SMILES string of the molecule is c1ccc(-c2nc(-c3ccc(-c4cccc5ccccc45)cc3)nc(-c3ccc(-c4ccc5ccccc5c4)c4oc5cc6ccccc6cc5c34)n2)cc1. The average molecular weight is 702 g/mol. The lowest BCUT2D eigenvalue weighted by Crippen LogP contribution is -2.00. The molecule has 0 radical (unpaired) electrons. The van der Waals surface area contributed by atoms with E-state index in [-0.39, 0.29) is 0 Å². The normalized spacial score (nSPS) is 11.6. The zero-order valence-electron chi connectivity index (χ0n) is 29.6. The quantitative estimate of drug-likeness (QED) is 0.179. The number of rotatable bonds is 5. The highest BCUT2D eigenvalue weighted by Crippen LogP contribution is 2.43. The van der Waals surface area contributed by atoms with Crippen LogP contribution in [0.4, 0.5) is 0 Å². The fourth-order valence-electron chi connectivity index (χ4n) is 7.95. The third-order valence-corrected chi connectivity index (χ3v) is 10.7. The van der Waals surface area contributed by atoms with Gasteiger partial charge in [-0.1, -0.05) is 158 Å². The summed E-state index contributed by atoms with van der Waals surface area (Å²) in [5.41, 5.74) is 8.80. The Morgan fingerprint density at radius 3 is 1.65 bits per heavy atom. The van der Waals surface area contributed by atoms with E-state index in [9.17, 15) is 0 Å². The van der Waals surface area contributed by atoms with E-state index in [0.717, 1.165) is 66.1 Å². The van der Waals surface area contributed by atoms with Crippen molar-refractivity contribution in [3.63, 3.8) is 0 Å². The van der Waals surface area contributed by atoms with Crippen molar-refractivity contribution >= 4 is 54.3 Å². The maximum Gasteiger partial charge on any atom is 0.164 e. The predicted molar refractivity (Wildman–Crippen MR) is 227 cm³/mol. The minimum absolute atomic E-state index is 0.591. The Hall–Kier alpha value is -7.43. The van der Waals surface area contributed by atoms with Gasteiger partial charge in [0.2, 0.25) is 0 Å². The molecule has 0 aliphatic carbocycles. The highest BCUT2D eigenvalue weighted by molar-refractivity contribution is 6.18. The van der Waals surface area contributed by atoms with Gasteiger partial charge in [0.15, 0.2) is 17.5 Å². The van der Waals surface area contributed by atoms with E-state index < -0.39 is 0 Å². The number of nitrogens with zero attached hydrogens (tertiary/aromatic N) is 3. The van der Waals surface area contributed by atoms with Crippen LogP contribution in [0.1, 0.15) is 0 Å². The van der Waals surface area contributed by atoms with Gasteiger partial charge in [-0.3, -0.25) is 0 Å². The van der Waals surface area contributed by atoms with Crippen molar-refractivity contribution < 1.29 is 4.42 Å². The fourth-order valence-corrected chi connectivity index (χ4v) is 7.95. The molecule has 0 spiro atoms. The highest BCUT2D eigenvalue weighted by atomic mass is 16.3. The van der Waals surface area contributed by atoms with Crippen LogP contribution in [0.2, 0.25) is 0 Å². The summed E-state index contributed by atoms with van der Waals surface area (Å²) in [7, 11) is 0. The molecule has 0 saturated heterocycles. The second-order valence-electron chi connectivity index (χ2n) is 14.0. The molecule has 11 aromatic rings. The molecule has 2 heterocycles. The molecule has 0 fully saturated rings. The van der Waals surface area contributed by atoms with E-state index >= 15 is 0 Å². The first-order valence-corrected chi connectivity index (χ1v) is 18.5. The Morgan fingerprint density at radius 2 is 0.873 bits per heavy atom. The second kappa shape index (κ2) is 12.6. The van der Waals surface area contributed by atoms with E-state index in [0.29, 0.717) is 17.5 Å². The molecule has 4 nitrogen and oxygen atoms in total. The minimum Gasteiger partial charge on any atom is -0.455 e. The summed E-state index contributed by atoms with van der Waals surface area (Å²) in [6.07, 6.45) is 0. The lowest BCUT2D eigenvalue weighted by molar-refractivity contribution is 0.670. The molecule has 9 aromatic carbocycles. The number of fused-ring (bicyclic) bond motifs is 6. The van der Waals surface area contributed by atoms with Gasteiger partial charge in [-0.15, -0.1) is 0 Å². The first-order chi connectivity index (χ1) is 27.2. The number of furan rings is 1. The van der Waals surface area contributed by atoms with Crippen LogP contribution in [-0.4, -0.2) is 15.0 Å². The summed E-state index contributed by atoms with van der Waals surface area (Å²) < 4.78 is 6.86. The van der Waals surface area contributed by atoms with Gasteiger partial charge in [-0.05, 0) is 79.3 Å². The fraction of sp³-hybridized carbons (Fsp3) is 0. The number of benzene rings is 9. The summed E-state index contributed by atoms with van der Waals surface area (Å²) in [5, 5.41) is 9.10. The van der Waals surface area contributed by atoms with Crippen molar-refractivity contribution in [2.75, 3.05) is 0 Å². The minimum atomic E-state index is 0.591. The number of hydrogen-bond acceptors (Lipinski definition) is 4. The second-order valence-corrected chi connectivity index (χ2v) is 14.0. The monoisotopic (exact) mass is 701 g/mol. The van der Waals surface area contributed by atoms with Crippen molar-refractivity contribution in [3.05, 3.63) is 188 Å². The third kappa shape index (κ3) is 5.34. The summed E-state index contributed by atoms with van der Waals surface area (Å²) in [5.74, 6) is 1.81. The molecule has 0 atom stereocenters. The summed E-state index contributed by atoms with van der Waals surface area (Å²) in [6.45, 7) is 0. The van der Waals surface area contributed by atoms with Gasteiger partial charge in [0.05, 0.1) is 0 Å². The van der Waals surface area contributed by atoms with E-state index in [1.165, 1.54) is 27.1 Å². The van der Waals surface area contributed by atoms with Crippen LogP contribution in [0, 0.1) is 0 Å². The Morgan fingerprint density at radius 1 is 0.309 bits per heavy atom. The molecule has 4 heteroatoms. The summed E-state index contributed by atoms with van der Waals surface area (Å²) in [6, 6.07) is 65.8. The van der Waals surface area contributed by atoms with Crippen LogP contribution in [0.15, 0.2) is 192 Å². The van der Waals surface area contributed by atoms with Gasteiger partial charge in [0, 0.05) is 33.0 Å². The Kier molecular flexibility index (Phi) is 7.14. The zero-order valence-corrected chi connectivity index (χ0v) is 29.6. The van der Waals surface area contributed by atoms with Gasteiger partial charge < -0.3 is 4.42 Å². The molecular weight excluding hydrogens is 671 g/mol. The van der Waals surface area contributed by atoms with Crippen molar-refractivity contribution in [1.82, 2.24) is 15.0 Å². The summed E-state index contributed by atoms with van der Waals surface area (Å²) >= 11 is 0. The molecule has 0 unspecified atom stereocenters. The molecule has 0 aliphatic rings. The molecule has 11 rings (SSSR count). The van der Waals surface area contributed by atoms with Crippen LogP contribution < -0.4 is 0 Å². The van der Waals surface area contributed by atoms with Gasteiger partial charge in [0.1, 0.15) is 11.2 Å². The molecule has 0 aliphatic heterocycles. The summed E-state index contributed by atoms with van der Waals surface area (Å²) in [4.78, 5) is 15.5. The molecule has 256 valence electrons. The zero-order chi connectivity index (χ0) is 36.3. The molecule has 55 heavy (non-hydrogen) atoms. The molecule has 0 saturated carbocycles. The number of hydrogen-bond donors (Lipinski definition) is 0. The van der Waals surface area contributed by atoms with Crippen molar-refractivity contribution in [3.8, 4) is 56.4 Å². The first kappa shape index (κ1) is 31.1. The standard InChI is InChI=1S/C51H31N3O/c1-2-13-35(14-3-1)49-52-50(36-24-22-34(23-25-36)42-20-10-18-33-12-8-9-19-41(33)42)54-51(53-49)44-28-27-43(40-26-21-32-11-4-5-15-37(32)29-40)48-47(44)45-30-38-16-6-7-17-39(38)31-46(45)55-48/h1-31H. The lowest BCUT2D eigenvalue weighted by Gasteiger charge is -2.12. The third-order valence-electron chi connectivity index (χ3n) is 10.7. The van der Waals surface area contributed by atoms with Crippen molar-refractivity contribution in [1.29, 1.82) is 0 Å². The van der Waals surface area contributed by atoms with E-state index in [2.05, 4.69) is 158 Å². The predicted octanol–water partition coefficient (Wildman–Crippen LogP) is 13.6. The smallest absolute Gasteiger partial charge is 0.164 e. The van der Waals surface area contributed by atoms with Gasteiger partial charge in [-0.2, -0.15) is 0 Å².